The van der Waals surface area contributed by atoms with Crippen LogP contribution >= 0.6 is 0 Å². The van der Waals surface area contributed by atoms with E-state index < -0.39 is 23.6 Å². The fraction of sp³-hybridized carbons (Fsp3) is 0.375. The van der Waals surface area contributed by atoms with Crippen molar-refractivity contribution in [3.05, 3.63) is 46.7 Å². The molecule has 0 bridgehead atoms. The number of halogens is 2. The van der Waals surface area contributed by atoms with Crippen LogP contribution in [0.15, 0.2) is 29.5 Å². The van der Waals surface area contributed by atoms with Crippen molar-refractivity contribution < 1.29 is 28.4 Å². The van der Waals surface area contributed by atoms with Gasteiger partial charge in [-0.2, -0.15) is 0 Å². The Morgan fingerprint density at radius 3 is 2.83 bits per heavy atom. The minimum Gasteiger partial charge on any atom is -0.463 e. The molecule has 1 heterocycles. The second kappa shape index (κ2) is 7.87. The molecule has 0 unspecified atom stereocenters. The highest BCUT2D eigenvalue weighted by Gasteiger charge is 2.25. The van der Waals surface area contributed by atoms with E-state index in [1.165, 1.54) is 12.1 Å². The maximum atomic E-state index is 13.8. The quantitative estimate of drug-likeness (QED) is 0.667. The first-order valence-corrected chi connectivity index (χ1v) is 7.64. The van der Waals surface area contributed by atoms with E-state index in [9.17, 15) is 18.4 Å². The van der Waals surface area contributed by atoms with Gasteiger partial charge < -0.3 is 20.7 Å². The molecule has 0 fully saturated rings. The van der Waals surface area contributed by atoms with Crippen LogP contribution in [0.3, 0.4) is 0 Å². The highest BCUT2D eigenvalue weighted by Crippen LogP contribution is 2.15. The number of benzene rings is 1. The Hall–Kier alpha value is -2.48. The molecule has 2 amide bonds. The molecular formula is C16H20F2N3O3+. The predicted octanol–water partition coefficient (Wildman–Crippen LogP) is 0.719. The monoisotopic (exact) mass is 340 g/mol. The molecule has 0 aliphatic carbocycles. The molecule has 2 rings (SSSR count). The summed E-state index contributed by atoms with van der Waals surface area (Å²) in [7, 11) is 0. The maximum absolute atomic E-state index is 13.8. The van der Waals surface area contributed by atoms with Gasteiger partial charge in [-0.3, -0.25) is 0 Å². The van der Waals surface area contributed by atoms with Crippen molar-refractivity contribution in [1.82, 2.24) is 10.6 Å². The van der Waals surface area contributed by atoms with Gasteiger partial charge in [0.15, 0.2) is 0 Å². The van der Waals surface area contributed by atoms with Crippen LogP contribution in [0.2, 0.25) is 0 Å². The Morgan fingerprint density at radius 1 is 1.42 bits per heavy atom. The van der Waals surface area contributed by atoms with Crippen molar-refractivity contribution >= 4 is 12.0 Å². The number of rotatable bonds is 6. The molecule has 130 valence electrons. The van der Waals surface area contributed by atoms with Crippen molar-refractivity contribution in [2.75, 3.05) is 19.7 Å². The van der Waals surface area contributed by atoms with Crippen molar-refractivity contribution in [3.63, 3.8) is 0 Å². The zero-order chi connectivity index (χ0) is 17.7. The molecule has 1 aromatic carbocycles. The highest BCUT2D eigenvalue weighted by atomic mass is 19.1. The molecule has 0 spiro atoms. The zero-order valence-electron chi connectivity index (χ0n) is 13.5. The summed E-state index contributed by atoms with van der Waals surface area (Å²) in [5.74, 6) is -1.77. The Labute approximate surface area is 138 Å². The van der Waals surface area contributed by atoms with Gasteiger partial charge >= 0.3 is 12.0 Å². The average Bonchev–Trinajstić information content (AvgIpc) is 2.52. The number of hydrogen-bond acceptors (Lipinski definition) is 3. The predicted molar refractivity (Wildman–Crippen MR) is 81.8 cm³/mol. The van der Waals surface area contributed by atoms with Crippen LogP contribution in [0.25, 0.3) is 0 Å². The summed E-state index contributed by atoms with van der Waals surface area (Å²) < 4.78 is 31.8. The molecule has 0 saturated carbocycles. The standard InChI is InChI=1S/C16H19F2N3O3/c1-3-24-15(22)12-7-20-16(23)21-14(12)8-19-9(2)11-5-4-10(17)6-13(11)18/h4-6,9,19H,3,7-8H2,1-2H3,(H2,20,21,23)/p+1/t9-/m0/s1. The lowest BCUT2D eigenvalue weighted by atomic mass is 10.1. The number of hydrogen-bond donors (Lipinski definition) is 3. The second-order valence-corrected chi connectivity index (χ2v) is 5.38. The van der Waals surface area contributed by atoms with Crippen LogP contribution in [0.5, 0.6) is 0 Å². The summed E-state index contributed by atoms with van der Waals surface area (Å²) in [5.41, 5.74) is 1.10. The van der Waals surface area contributed by atoms with Gasteiger partial charge in [0.2, 0.25) is 0 Å². The largest absolute Gasteiger partial charge is 0.463 e. The third-order valence-corrected chi connectivity index (χ3v) is 3.70. The number of carbonyl (C=O) groups excluding carboxylic acids is 2. The summed E-state index contributed by atoms with van der Waals surface area (Å²) in [6.45, 7) is 4.00. The van der Waals surface area contributed by atoms with Gasteiger partial charge in [-0.25, -0.2) is 18.4 Å². The molecular weight excluding hydrogens is 320 g/mol. The fourth-order valence-corrected chi connectivity index (χ4v) is 2.41. The Morgan fingerprint density at radius 2 is 2.17 bits per heavy atom. The Balaban J connectivity index is 2.11. The highest BCUT2D eigenvalue weighted by molar-refractivity contribution is 5.93. The van der Waals surface area contributed by atoms with E-state index >= 15 is 0 Å². The number of nitrogens with two attached hydrogens (primary N) is 1. The Bertz CT molecular complexity index is 677. The normalized spacial score (nSPS) is 15.6. The first kappa shape index (κ1) is 17.9. The second-order valence-electron chi connectivity index (χ2n) is 5.38. The number of ether oxygens (including phenoxy) is 1. The molecule has 1 aliphatic heterocycles. The van der Waals surface area contributed by atoms with Crippen molar-refractivity contribution in [1.29, 1.82) is 0 Å². The van der Waals surface area contributed by atoms with Gasteiger partial charge in [0.25, 0.3) is 0 Å². The number of quaternary nitrogens is 1. The molecule has 24 heavy (non-hydrogen) atoms. The summed E-state index contributed by atoms with van der Waals surface area (Å²) in [4.78, 5) is 23.4. The first-order chi connectivity index (χ1) is 11.4. The van der Waals surface area contributed by atoms with E-state index in [0.717, 1.165) is 6.07 Å². The van der Waals surface area contributed by atoms with Crippen LogP contribution in [0.1, 0.15) is 25.5 Å². The van der Waals surface area contributed by atoms with Crippen molar-refractivity contribution in [2.45, 2.75) is 19.9 Å². The van der Waals surface area contributed by atoms with Gasteiger partial charge in [-0.1, -0.05) is 0 Å². The summed E-state index contributed by atoms with van der Waals surface area (Å²) in [5, 5.41) is 6.84. The van der Waals surface area contributed by atoms with Crippen LogP contribution in [-0.4, -0.2) is 31.7 Å². The molecule has 0 saturated heterocycles. The van der Waals surface area contributed by atoms with E-state index in [0.29, 0.717) is 16.8 Å². The van der Waals surface area contributed by atoms with E-state index in [4.69, 9.17) is 4.74 Å². The van der Waals surface area contributed by atoms with Gasteiger partial charge in [-0.15, -0.1) is 0 Å². The molecule has 0 radical (unpaired) electrons. The average molecular weight is 340 g/mol. The molecule has 1 aromatic rings. The molecule has 0 aromatic heterocycles. The van der Waals surface area contributed by atoms with E-state index in [2.05, 4.69) is 10.6 Å². The SMILES string of the molecule is CCOC(=O)C1=C(C[NH2+][C@@H](C)c2ccc(F)cc2F)NC(=O)NC1. The van der Waals surface area contributed by atoms with Gasteiger partial charge in [-0.05, 0) is 26.0 Å². The van der Waals surface area contributed by atoms with Crippen LogP contribution in [-0.2, 0) is 9.53 Å². The lowest BCUT2D eigenvalue weighted by molar-refractivity contribution is -0.686. The fourth-order valence-electron chi connectivity index (χ4n) is 2.41. The van der Waals surface area contributed by atoms with Gasteiger partial charge in [0.05, 0.1) is 24.4 Å². The number of amides is 2. The molecule has 8 heteroatoms. The minimum atomic E-state index is -0.638. The first-order valence-electron chi connectivity index (χ1n) is 7.64. The van der Waals surface area contributed by atoms with Crippen molar-refractivity contribution in [2.24, 2.45) is 0 Å². The molecule has 1 aliphatic rings. The van der Waals surface area contributed by atoms with Crippen LogP contribution < -0.4 is 16.0 Å². The summed E-state index contributed by atoms with van der Waals surface area (Å²) in [6.07, 6.45) is 0. The van der Waals surface area contributed by atoms with Gasteiger partial charge in [0.1, 0.15) is 24.2 Å². The van der Waals surface area contributed by atoms with E-state index in [1.54, 1.807) is 19.2 Å². The number of esters is 1. The molecule has 4 N–H and O–H groups in total. The Kier molecular flexibility index (Phi) is 5.86. The molecule has 1 atom stereocenters. The third-order valence-electron chi connectivity index (χ3n) is 3.70. The summed E-state index contributed by atoms with van der Waals surface area (Å²) in [6, 6.07) is 2.67. The summed E-state index contributed by atoms with van der Waals surface area (Å²) >= 11 is 0. The van der Waals surface area contributed by atoms with E-state index in [-0.39, 0.29) is 25.7 Å². The number of carbonyl (C=O) groups is 2. The lowest BCUT2D eigenvalue weighted by Crippen LogP contribution is -2.86. The molecule has 6 nitrogen and oxygen atoms in total. The van der Waals surface area contributed by atoms with Crippen LogP contribution in [0, 0.1) is 11.6 Å². The maximum Gasteiger partial charge on any atom is 0.337 e. The minimum absolute atomic E-state index is 0.0765. The third kappa shape index (κ3) is 4.29. The van der Waals surface area contributed by atoms with Crippen LogP contribution in [0.4, 0.5) is 13.6 Å². The topological polar surface area (TPSA) is 84.0 Å². The number of nitrogens with one attached hydrogen (secondary N) is 2. The lowest BCUT2D eigenvalue weighted by Gasteiger charge is -2.21. The van der Waals surface area contributed by atoms with Crippen molar-refractivity contribution in [3.8, 4) is 0 Å². The van der Waals surface area contributed by atoms with Gasteiger partial charge in [0, 0.05) is 11.6 Å². The smallest absolute Gasteiger partial charge is 0.337 e. The number of urea groups is 1. The zero-order valence-corrected chi connectivity index (χ0v) is 13.5. The van der Waals surface area contributed by atoms with E-state index in [1.807, 2.05) is 0 Å².